The van der Waals surface area contributed by atoms with Gasteiger partial charge in [0.25, 0.3) is 0 Å². The van der Waals surface area contributed by atoms with E-state index in [4.69, 9.17) is 5.73 Å². The van der Waals surface area contributed by atoms with Crippen LogP contribution in [0.15, 0.2) is 23.2 Å². The van der Waals surface area contributed by atoms with Crippen LogP contribution in [0.1, 0.15) is 30.9 Å². The summed E-state index contributed by atoms with van der Waals surface area (Å²) in [4.78, 5) is 4.25. The number of nitrogens with zero attached hydrogens (tertiary/aromatic N) is 1. The van der Waals surface area contributed by atoms with E-state index in [1.54, 1.807) is 0 Å². The Balaban J connectivity index is 0.00000256. The zero-order chi connectivity index (χ0) is 12.0. The summed E-state index contributed by atoms with van der Waals surface area (Å²) in [5, 5.41) is 3.11. The molecule has 0 radical (unpaired) electrons. The number of nitrogens with one attached hydrogen (secondary N) is 1. The van der Waals surface area contributed by atoms with E-state index in [1.807, 2.05) is 0 Å². The Morgan fingerprint density at radius 1 is 1.24 bits per heavy atom. The third kappa shape index (κ3) is 6.51. The molecule has 0 unspecified atom stereocenters. The highest BCUT2D eigenvalue weighted by Gasteiger charge is 1.97. The van der Waals surface area contributed by atoms with E-state index >= 15 is 0 Å². The number of unbranched alkanes of at least 4 members (excludes halogenated alkanes) is 1. The molecule has 1 aromatic carbocycles. The maximum absolute atomic E-state index is 5.79. The Kier molecular flexibility index (Phi) is 7.95. The Morgan fingerprint density at radius 3 is 2.35 bits per heavy atom. The minimum Gasteiger partial charge on any atom is -0.370 e. The highest BCUT2D eigenvalue weighted by Crippen LogP contribution is 2.13. The van der Waals surface area contributed by atoms with Crippen LogP contribution < -0.4 is 11.1 Å². The lowest BCUT2D eigenvalue weighted by Gasteiger charge is -2.07. The second-order valence-corrected chi connectivity index (χ2v) is 4.12. The second kappa shape index (κ2) is 8.33. The minimum absolute atomic E-state index is 0. The van der Waals surface area contributed by atoms with Crippen molar-refractivity contribution < 1.29 is 0 Å². The van der Waals surface area contributed by atoms with E-state index in [2.05, 4.69) is 49.3 Å². The molecule has 0 heterocycles. The monoisotopic (exact) mass is 347 g/mol. The van der Waals surface area contributed by atoms with Gasteiger partial charge in [0.1, 0.15) is 0 Å². The molecule has 0 bridgehead atoms. The maximum Gasteiger partial charge on any atom is 0.193 e. The molecule has 0 aliphatic carbocycles. The van der Waals surface area contributed by atoms with E-state index in [0.29, 0.717) is 5.96 Å². The summed E-state index contributed by atoms with van der Waals surface area (Å²) < 4.78 is 0. The SMILES string of the molecule is CCCCN=C(N)Nc1cc(C)cc(C)c1.I. The lowest BCUT2D eigenvalue weighted by molar-refractivity contribution is 0.807. The van der Waals surface area contributed by atoms with Gasteiger partial charge in [-0.1, -0.05) is 19.4 Å². The number of nitrogens with two attached hydrogens (primary N) is 1. The fourth-order valence-electron chi connectivity index (χ4n) is 1.59. The minimum atomic E-state index is 0. The quantitative estimate of drug-likeness (QED) is 0.379. The Morgan fingerprint density at radius 2 is 1.82 bits per heavy atom. The molecule has 0 atom stereocenters. The fraction of sp³-hybridized carbons (Fsp3) is 0.462. The van der Waals surface area contributed by atoms with Crippen LogP contribution in [0, 0.1) is 13.8 Å². The van der Waals surface area contributed by atoms with Crippen LogP contribution in [0.5, 0.6) is 0 Å². The lowest BCUT2D eigenvalue weighted by atomic mass is 10.1. The van der Waals surface area contributed by atoms with Crippen LogP contribution in [-0.4, -0.2) is 12.5 Å². The van der Waals surface area contributed by atoms with Crippen molar-refractivity contribution in [2.45, 2.75) is 33.6 Å². The van der Waals surface area contributed by atoms with Crippen molar-refractivity contribution in [3.8, 4) is 0 Å². The van der Waals surface area contributed by atoms with Gasteiger partial charge in [0.05, 0.1) is 0 Å². The summed E-state index contributed by atoms with van der Waals surface area (Å²) in [7, 11) is 0. The van der Waals surface area contributed by atoms with Crippen molar-refractivity contribution in [3.05, 3.63) is 29.3 Å². The number of guanidine groups is 1. The van der Waals surface area contributed by atoms with Crippen molar-refractivity contribution in [2.75, 3.05) is 11.9 Å². The number of halogens is 1. The first kappa shape index (κ1) is 16.2. The third-order valence-corrected chi connectivity index (χ3v) is 2.29. The molecule has 0 aliphatic heterocycles. The van der Waals surface area contributed by atoms with E-state index in [9.17, 15) is 0 Å². The first-order valence-corrected chi connectivity index (χ1v) is 5.77. The Bertz CT molecular complexity index is 355. The summed E-state index contributed by atoms with van der Waals surface area (Å²) >= 11 is 0. The molecule has 0 aliphatic rings. The molecule has 96 valence electrons. The predicted molar refractivity (Wildman–Crippen MR) is 86.4 cm³/mol. The zero-order valence-electron chi connectivity index (χ0n) is 10.8. The van der Waals surface area contributed by atoms with Gasteiger partial charge in [0, 0.05) is 12.2 Å². The van der Waals surface area contributed by atoms with Gasteiger partial charge in [-0.3, -0.25) is 4.99 Å². The fourth-order valence-corrected chi connectivity index (χ4v) is 1.59. The molecule has 17 heavy (non-hydrogen) atoms. The lowest BCUT2D eigenvalue weighted by Crippen LogP contribution is -2.22. The van der Waals surface area contributed by atoms with E-state index in [0.717, 1.165) is 25.1 Å². The average Bonchev–Trinajstić information content (AvgIpc) is 2.16. The van der Waals surface area contributed by atoms with E-state index in [1.165, 1.54) is 11.1 Å². The topological polar surface area (TPSA) is 50.4 Å². The summed E-state index contributed by atoms with van der Waals surface area (Å²) in [5.41, 5.74) is 9.25. The van der Waals surface area contributed by atoms with Gasteiger partial charge in [0.2, 0.25) is 0 Å². The normalized spacial score (nSPS) is 10.9. The summed E-state index contributed by atoms with van der Waals surface area (Å²) in [6, 6.07) is 6.26. The zero-order valence-corrected chi connectivity index (χ0v) is 13.1. The van der Waals surface area contributed by atoms with Crippen LogP contribution in [0.4, 0.5) is 5.69 Å². The van der Waals surface area contributed by atoms with Crippen LogP contribution in [-0.2, 0) is 0 Å². The number of hydrogen-bond donors (Lipinski definition) is 2. The number of aliphatic imine (C=N–C) groups is 1. The number of rotatable bonds is 4. The molecular formula is C13H22IN3. The largest absolute Gasteiger partial charge is 0.370 e. The summed E-state index contributed by atoms with van der Waals surface area (Å²) in [5.74, 6) is 0.499. The smallest absolute Gasteiger partial charge is 0.193 e. The van der Waals surface area contributed by atoms with Crippen LogP contribution in [0.25, 0.3) is 0 Å². The van der Waals surface area contributed by atoms with Crippen molar-refractivity contribution in [3.63, 3.8) is 0 Å². The molecule has 0 fully saturated rings. The van der Waals surface area contributed by atoms with Crippen molar-refractivity contribution in [1.29, 1.82) is 0 Å². The molecule has 0 saturated carbocycles. The van der Waals surface area contributed by atoms with Crippen molar-refractivity contribution >= 4 is 35.6 Å². The molecule has 3 N–H and O–H groups in total. The van der Waals surface area contributed by atoms with Crippen molar-refractivity contribution in [2.24, 2.45) is 10.7 Å². The molecule has 0 aromatic heterocycles. The molecule has 1 aromatic rings. The highest BCUT2D eigenvalue weighted by molar-refractivity contribution is 14.0. The van der Waals surface area contributed by atoms with Crippen LogP contribution in [0.3, 0.4) is 0 Å². The van der Waals surface area contributed by atoms with Crippen LogP contribution >= 0.6 is 24.0 Å². The Hall–Kier alpha value is -0.780. The third-order valence-electron chi connectivity index (χ3n) is 2.29. The summed E-state index contributed by atoms with van der Waals surface area (Å²) in [6.45, 7) is 7.08. The molecule has 0 saturated heterocycles. The number of hydrogen-bond acceptors (Lipinski definition) is 1. The molecule has 3 nitrogen and oxygen atoms in total. The van der Waals surface area contributed by atoms with Gasteiger partial charge < -0.3 is 11.1 Å². The average molecular weight is 347 g/mol. The van der Waals surface area contributed by atoms with Gasteiger partial charge in [-0.2, -0.15) is 0 Å². The van der Waals surface area contributed by atoms with Gasteiger partial charge in [0.15, 0.2) is 5.96 Å². The van der Waals surface area contributed by atoms with Crippen LogP contribution in [0.2, 0.25) is 0 Å². The number of aryl methyl sites for hydroxylation is 2. The summed E-state index contributed by atoms with van der Waals surface area (Å²) in [6.07, 6.45) is 2.22. The predicted octanol–water partition coefficient (Wildman–Crippen LogP) is 3.45. The first-order chi connectivity index (χ1) is 7.61. The molecular weight excluding hydrogens is 325 g/mol. The van der Waals surface area contributed by atoms with Gasteiger partial charge in [-0.15, -0.1) is 24.0 Å². The van der Waals surface area contributed by atoms with Gasteiger partial charge in [-0.25, -0.2) is 0 Å². The molecule has 4 heteroatoms. The molecule has 0 amide bonds. The van der Waals surface area contributed by atoms with Crippen molar-refractivity contribution in [1.82, 2.24) is 0 Å². The molecule has 0 spiro atoms. The van der Waals surface area contributed by atoms with Gasteiger partial charge in [-0.05, 0) is 43.5 Å². The first-order valence-electron chi connectivity index (χ1n) is 5.77. The Labute approximate surface area is 121 Å². The maximum atomic E-state index is 5.79. The standard InChI is InChI=1S/C13H21N3.HI/c1-4-5-6-15-13(14)16-12-8-10(2)7-11(3)9-12;/h7-9H,4-6H2,1-3H3,(H3,14,15,16);1H. The highest BCUT2D eigenvalue weighted by atomic mass is 127. The molecule has 1 rings (SSSR count). The van der Waals surface area contributed by atoms with E-state index in [-0.39, 0.29) is 24.0 Å². The number of anilines is 1. The van der Waals surface area contributed by atoms with E-state index < -0.39 is 0 Å². The number of benzene rings is 1. The second-order valence-electron chi connectivity index (χ2n) is 4.12. The van der Waals surface area contributed by atoms with Gasteiger partial charge >= 0.3 is 0 Å².